The van der Waals surface area contributed by atoms with Crippen molar-refractivity contribution in [3.8, 4) is 5.75 Å². The minimum absolute atomic E-state index is 0.291. The lowest BCUT2D eigenvalue weighted by Gasteiger charge is -2.20. The van der Waals surface area contributed by atoms with Crippen LogP contribution in [0.1, 0.15) is 22.7 Å². The molecule has 0 aromatic heterocycles. The van der Waals surface area contributed by atoms with Gasteiger partial charge in [0.2, 0.25) is 0 Å². The van der Waals surface area contributed by atoms with Gasteiger partial charge < -0.3 is 10.1 Å². The highest BCUT2D eigenvalue weighted by Crippen LogP contribution is 2.27. The molecule has 106 valence electrons. The summed E-state index contributed by atoms with van der Waals surface area (Å²) >= 11 is 3.60. The molecular weight excluding hydrogens is 314 g/mol. The second-order valence-corrected chi connectivity index (χ2v) is 5.71. The van der Waals surface area contributed by atoms with Crippen LogP contribution in [0.2, 0.25) is 0 Å². The molecule has 1 atom stereocenters. The van der Waals surface area contributed by atoms with Crippen molar-refractivity contribution in [2.75, 3.05) is 14.2 Å². The molecule has 2 nitrogen and oxygen atoms in total. The minimum Gasteiger partial charge on any atom is -0.497 e. The first-order valence-corrected chi connectivity index (χ1v) is 7.50. The summed E-state index contributed by atoms with van der Waals surface area (Å²) in [6.45, 7) is 2.15. The number of hydrogen-bond donors (Lipinski definition) is 1. The van der Waals surface area contributed by atoms with E-state index in [2.05, 4.69) is 58.5 Å². The first-order valence-electron chi connectivity index (χ1n) is 6.71. The van der Waals surface area contributed by atoms with Crippen LogP contribution in [0.3, 0.4) is 0 Å². The number of benzene rings is 2. The molecule has 0 heterocycles. The Balaban J connectivity index is 2.26. The van der Waals surface area contributed by atoms with Crippen molar-refractivity contribution in [2.24, 2.45) is 0 Å². The van der Waals surface area contributed by atoms with Crippen molar-refractivity contribution in [3.05, 3.63) is 63.6 Å². The van der Waals surface area contributed by atoms with Gasteiger partial charge in [-0.1, -0.05) is 40.2 Å². The van der Waals surface area contributed by atoms with Gasteiger partial charge in [0.25, 0.3) is 0 Å². The highest BCUT2D eigenvalue weighted by molar-refractivity contribution is 9.10. The number of methoxy groups -OCH3 is 1. The molecule has 0 saturated heterocycles. The van der Waals surface area contributed by atoms with Gasteiger partial charge in [-0.3, -0.25) is 0 Å². The monoisotopic (exact) mass is 333 g/mol. The molecule has 0 aliphatic carbocycles. The van der Waals surface area contributed by atoms with Crippen molar-refractivity contribution < 1.29 is 4.74 Å². The number of hydrogen-bond acceptors (Lipinski definition) is 2. The van der Waals surface area contributed by atoms with Crippen LogP contribution in [0.25, 0.3) is 0 Å². The van der Waals surface area contributed by atoms with Gasteiger partial charge in [-0.15, -0.1) is 0 Å². The lowest BCUT2D eigenvalue weighted by Crippen LogP contribution is -2.20. The molecule has 2 rings (SSSR count). The second-order valence-electron chi connectivity index (χ2n) is 4.85. The maximum absolute atomic E-state index is 5.29. The minimum atomic E-state index is 0.291. The SMILES string of the molecule is CNC(Cc1cccc(OC)c1)c1cccc(Br)c1C. The van der Waals surface area contributed by atoms with Gasteiger partial charge in [-0.25, -0.2) is 0 Å². The van der Waals surface area contributed by atoms with E-state index >= 15 is 0 Å². The Kier molecular flexibility index (Phi) is 5.21. The summed E-state index contributed by atoms with van der Waals surface area (Å²) in [7, 11) is 3.71. The van der Waals surface area contributed by atoms with Crippen LogP contribution >= 0.6 is 15.9 Å². The summed E-state index contributed by atoms with van der Waals surface area (Å²) in [4.78, 5) is 0. The van der Waals surface area contributed by atoms with Crippen LogP contribution in [0.15, 0.2) is 46.9 Å². The number of halogens is 1. The van der Waals surface area contributed by atoms with Crippen LogP contribution in [0.4, 0.5) is 0 Å². The summed E-state index contributed by atoms with van der Waals surface area (Å²) in [5, 5.41) is 3.41. The molecule has 0 amide bonds. The first kappa shape index (κ1) is 15.1. The maximum atomic E-state index is 5.29. The largest absolute Gasteiger partial charge is 0.497 e. The Morgan fingerprint density at radius 1 is 1.20 bits per heavy atom. The quantitative estimate of drug-likeness (QED) is 0.882. The molecule has 2 aromatic rings. The molecule has 2 aromatic carbocycles. The van der Waals surface area contributed by atoms with Crippen LogP contribution in [0, 0.1) is 6.92 Å². The molecule has 0 fully saturated rings. The number of ether oxygens (including phenoxy) is 1. The van der Waals surface area contributed by atoms with Crippen molar-refractivity contribution in [1.29, 1.82) is 0 Å². The van der Waals surface area contributed by atoms with E-state index in [-0.39, 0.29) is 0 Å². The fourth-order valence-electron chi connectivity index (χ4n) is 2.40. The van der Waals surface area contributed by atoms with E-state index in [4.69, 9.17) is 4.74 Å². The predicted molar refractivity (Wildman–Crippen MR) is 87.4 cm³/mol. The summed E-state index contributed by atoms with van der Waals surface area (Å²) < 4.78 is 6.44. The highest BCUT2D eigenvalue weighted by atomic mass is 79.9. The molecule has 1 N–H and O–H groups in total. The fourth-order valence-corrected chi connectivity index (χ4v) is 2.79. The van der Waals surface area contributed by atoms with Gasteiger partial charge in [0.15, 0.2) is 0 Å². The summed E-state index contributed by atoms with van der Waals surface area (Å²) in [5.41, 5.74) is 3.88. The van der Waals surface area contributed by atoms with E-state index in [1.54, 1.807) is 7.11 Å². The molecule has 0 aliphatic rings. The van der Waals surface area contributed by atoms with Gasteiger partial charge >= 0.3 is 0 Å². The molecule has 1 unspecified atom stereocenters. The van der Waals surface area contributed by atoms with E-state index in [9.17, 15) is 0 Å². The van der Waals surface area contributed by atoms with Gasteiger partial charge in [-0.2, -0.15) is 0 Å². The van der Waals surface area contributed by atoms with Crippen molar-refractivity contribution >= 4 is 15.9 Å². The van der Waals surface area contributed by atoms with Gasteiger partial charge in [0, 0.05) is 10.5 Å². The summed E-state index contributed by atoms with van der Waals surface area (Å²) in [6, 6.07) is 14.9. The Morgan fingerprint density at radius 2 is 1.95 bits per heavy atom. The Morgan fingerprint density at radius 3 is 2.65 bits per heavy atom. The molecule has 0 bridgehead atoms. The van der Waals surface area contributed by atoms with Gasteiger partial charge in [-0.05, 0) is 55.3 Å². The zero-order chi connectivity index (χ0) is 14.5. The Labute approximate surface area is 129 Å². The number of rotatable bonds is 5. The third-order valence-corrected chi connectivity index (χ3v) is 4.47. The Bertz CT molecular complexity index is 583. The third kappa shape index (κ3) is 3.41. The van der Waals surface area contributed by atoms with Crippen molar-refractivity contribution in [3.63, 3.8) is 0 Å². The zero-order valence-electron chi connectivity index (χ0n) is 12.1. The smallest absolute Gasteiger partial charge is 0.119 e. The van der Waals surface area contributed by atoms with Crippen LogP contribution in [-0.4, -0.2) is 14.2 Å². The zero-order valence-corrected chi connectivity index (χ0v) is 13.7. The number of nitrogens with one attached hydrogen (secondary N) is 1. The molecule has 0 radical (unpaired) electrons. The van der Waals surface area contributed by atoms with Gasteiger partial charge in [0.1, 0.15) is 5.75 Å². The molecule has 0 spiro atoms. The van der Waals surface area contributed by atoms with E-state index < -0.39 is 0 Å². The predicted octanol–water partition coefficient (Wildman–Crippen LogP) is 4.27. The average Bonchev–Trinajstić information content (AvgIpc) is 2.48. The first-order chi connectivity index (χ1) is 9.65. The third-order valence-electron chi connectivity index (χ3n) is 3.61. The maximum Gasteiger partial charge on any atom is 0.119 e. The highest BCUT2D eigenvalue weighted by Gasteiger charge is 2.14. The normalized spacial score (nSPS) is 12.2. The number of likely N-dealkylation sites (N-methyl/N-ethyl adjacent to an activating group) is 1. The summed E-state index contributed by atoms with van der Waals surface area (Å²) in [5.74, 6) is 0.906. The van der Waals surface area contributed by atoms with E-state index in [0.29, 0.717) is 6.04 Å². The molecular formula is C17H20BrNO. The Hall–Kier alpha value is -1.32. The fraction of sp³-hybridized carbons (Fsp3) is 0.294. The standard InChI is InChI=1S/C17H20BrNO/c1-12-15(8-5-9-16(12)18)17(19-2)11-13-6-4-7-14(10-13)20-3/h4-10,17,19H,11H2,1-3H3. The topological polar surface area (TPSA) is 21.3 Å². The molecule has 0 saturated carbocycles. The van der Waals surface area contributed by atoms with Crippen LogP contribution < -0.4 is 10.1 Å². The van der Waals surface area contributed by atoms with E-state index in [1.165, 1.54) is 16.7 Å². The van der Waals surface area contributed by atoms with Gasteiger partial charge in [0.05, 0.1) is 7.11 Å². The lowest BCUT2D eigenvalue weighted by atomic mass is 9.95. The average molecular weight is 334 g/mol. The summed E-state index contributed by atoms with van der Waals surface area (Å²) in [6.07, 6.45) is 0.936. The van der Waals surface area contributed by atoms with Crippen molar-refractivity contribution in [1.82, 2.24) is 5.32 Å². The van der Waals surface area contributed by atoms with E-state index in [1.807, 2.05) is 19.2 Å². The lowest BCUT2D eigenvalue weighted by molar-refractivity contribution is 0.414. The van der Waals surface area contributed by atoms with E-state index in [0.717, 1.165) is 16.6 Å². The molecule has 20 heavy (non-hydrogen) atoms. The van der Waals surface area contributed by atoms with Crippen LogP contribution in [0.5, 0.6) is 5.75 Å². The molecule has 3 heteroatoms. The van der Waals surface area contributed by atoms with Crippen LogP contribution in [-0.2, 0) is 6.42 Å². The second kappa shape index (κ2) is 6.91. The molecule has 0 aliphatic heterocycles. The van der Waals surface area contributed by atoms with Crippen molar-refractivity contribution in [2.45, 2.75) is 19.4 Å².